The van der Waals surface area contributed by atoms with E-state index >= 15 is 0 Å². The molecule has 2 aromatic heterocycles. The molecule has 0 bridgehead atoms. The number of rotatable bonds is 8. The van der Waals surface area contributed by atoms with E-state index in [9.17, 15) is 23.9 Å². The molecular weight excluding hydrogens is 577 g/mol. The minimum Gasteiger partial charge on any atom is -0.489 e. The van der Waals surface area contributed by atoms with E-state index in [0.29, 0.717) is 39.2 Å². The fraction of sp³-hybridized carbons (Fsp3) is 0.324. The van der Waals surface area contributed by atoms with Crippen molar-refractivity contribution >= 4 is 34.3 Å². The topological polar surface area (TPSA) is 157 Å². The van der Waals surface area contributed by atoms with Crippen LogP contribution in [0.4, 0.5) is 10.1 Å². The monoisotopic (exact) mass is 611 g/mol. The first-order valence-electron chi connectivity index (χ1n) is 14.7. The van der Waals surface area contributed by atoms with Gasteiger partial charge in [-0.25, -0.2) is 9.37 Å². The molecule has 1 saturated carbocycles. The molecule has 2 aliphatic rings. The average Bonchev–Trinajstić information content (AvgIpc) is 3.67. The second kappa shape index (κ2) is 10.6. The van der Waals surface area contributed by atoms with Crippen LogP contribution in [0.1, 0.15) is 60.8 Å². The normalized spacial score (nSPS) is 19.2. The van der Waals surface area contributed by atoms with Crippen molar-refractivity contribution in [1.29, 1.82) is 0 Å². The molecule has 6 rings (SSSR count). The van der Waals surface area contributed by atoms with Gasteiger partial charge in [0.05, 0.1) is 23.4 Å². The van der Waals surface area contributed by atoms with Crippen molar-refractivity contribution in [3.05, 3.63) is 82.9 Å². The quantitative estimate of drug-likeness (QED) is 0.232. The summed E-state index contributed by atoms with van der Waals surface area (Å²) in [7, 11) is 0. The SMILES string of the molecule is Cc1cnc2c(NC(=O)C3(C)CC3)cc(C(=O)NC[C@](C)(O)c3cc4c(c(-c5ccc(F)cc5)n3)OC[C@]4(C)C(N)=O)cc2c1. The minimum atomic E-state index is -1.72. The van der Waals surface area contributed by atoms with Crippen LogP contribution in [-0.2, 0) is 20.6 Å². The molecule has 4 aromatic rings. The van der Waals surface area contributed by atoms with Gasteiger partial charge in [-0.05, 0) is 87.7 Å². The fourth-order valence-electron chi connectivity index (χ4n) is 5.39. The van der Waals surface area contributed by atoms with Gasteiger partial charge in [-0.15, -0.1) is 0 Å². The summed E-state index contributed by atoms with van der Waals surface area (Å²) in [5.74, 6) is -1.35. The van der Waals surface area contributed by atoms with E-state index in [1.807, 2.05) is 19.9 Å². The molecule has 11 heteroatoms. The van der Waals surface area contributed by atoms with Crippen LogP contribution in [-0.4, -0.2) is 45.9 Å². The molecule has 0 unspecified atom stereocenters. The van der Waals surface area contributed by atoms with E-state index in [1.54, 1.807) is 31.3 Å². The summed E-state index contributed by atoms with van der Waals surface area (Å²) in [6.07, 6.45) is 3.29. The Hall–Kier alpha value is -4.90. The number of aliphatic hydroxyl groups is 1. The first-order chi connectivity index (χ1) is 21.2. The van der Waals surface area contributed by atoms with E-state index in [-0.39, 0.29) is 30.3 Å². The highest BCUT2D eigenvalue weighted by Crippen LogP contribution is 2.47. The molecule has 0 saturated heterocycles. The standard InChI is InChI=1S/C34H34FN5O5/c1-18-11-20-12-21(13-24(26(20)37-15-18)39-31(43)32(2)9-10-32)29(41)38-16-34(4,44)25-14-23-28(45-17-33(23,3)30(36)42)27(40-25)19-5-7-22(35)8-6-19/h5-8,11-15,44H,9-10,16-17H2,1-4H3,(H2,36,42)(H,38,41)(H,39,43)/t33-,34-/m0/s1. The minimum absolute atomic E-state index is 0.0236. The number of fused-ring (bicyclic) bond motifs is 2. The number of carbonyl (C=O) groups excluding carboxylic acids is 3. The molecule has 2 aromatic carbocycles. The third-order valence-corrected chi connectivity index (χ3v) is 8.86. The number of primary amides is 1. The van der Waals surface area contributed by atoms with Gasteiger partial charge in [0.25, 0.3) is 5.91 Å². The Morgan fingerprint density at radius 2 is 1.82 bits per heavy atom. The number of benzene rings is 2. The summed E-state index contributed by atoms with van der Waals surface area (Å²) in [6.45, 7) is 6.64. The number of anilines is 1. The van der Waals surface area contributed by atoms with E-state index < -0.39 is 34.1 Å². The zero-order valence-electron chi connectivity index (χ0n) is 25.5. The van der Waals surface area contributed by atoms with Crippen LogP contribution in [0.15, 0.2) is 54.7 Å². The summed E-state index contributed by atoms with van der Waals surface area (Å²) >= 11 is 0. The number of nitrogens with zero attached hydrogens (tertiary/aromatic N) is 2. The maximum absolute atomic E-state index is 13.7. The summed E-state index contributed by atoms with van der Waals surface area (Å²) in [4.78, 5) is 48.0. The Kier molecular flexibility index (Phi) is 7.11. The second-order valence-corrected chi connectivity index (χ2v) is 12.8. The van der Waals surface area contributed by atoms with Crippen LogP contribution in [0, 0.1) is 18.2 Å². The lowest BCUT2D eigenvalue weighted by Gasteiger charge is -2.26. The van der Waals surface area contributed by atoms with Gasteiger partial charge in [-0.1, -0.05) is 6.92 Å². The van der Waals surface area contributed by atoms with Crippen molar-refractivity contribution < 1.29 is 28.6 Å². The molecule has 0 spiro atoms. The van der Waals surface area contributed by atoms with Crippen LogP contribution in [0.3, 0.4) is 0 Å². The number of halogens is 1. The third kappa shape index (κ3) is 5.48. The van der Waals surface area contributed by atoms with Crippen LogP contribution >= 0.6 is 0 Å². The van der Waals surface area contributed by atoms with Crippen LogP contribution in [0.5, 0.6) is 5.75 Å². The molecule has 232 valence electrons. The highest BCUT2D eigenvalue weighted by Gasteiger charge is 2.46. The summed E-state index contributed by atoms with van der Waals surface area (Å²) in [5.41, 5.74) is 5.98. The number of nitrogens with one attached hydrogen (secondary N) is 2. The van der Waals surface area contributed by atoms with Gasteiger partial charge in [-0.3, -0.25) is 19.4 Å². The average molecular weight is 612 g/mol. The van der Waals surface area contributed by atoms with Gasteiger partial charge in [0.15, 0.2) is 0 Å². The van der Waals surface area contributed by atoms with Gasteiger partial charge in [0, 0.05) is 33.7 Å². The Bertz CT molecular complexity index is 1890. The number of amides is 3. The van der Waals surface area contributed by atoms with Crippen LogP contribution in [0.25, 0.3) is 22.2 Å². The van der Waals surface area contributed by atoms with E-state index in [2.05, 4.69) is 20.6 Å². The van der Waals surface area contributed by atoms with Crippen LogP contribution in [0.2, 0.25) is 0 Å². The van der Waals surface area contributed by atoms with Crippen molar-refractivity contribution in [1.82, 2.24) is 15.3 Å². The zero-order valence-corrected chi connectivity index (χ0v) is 25.5. The number of hydrogen-bond acceptors (Lipinski definition) is 7. The molecule has 1 aliphatic heterocycles. The first-order valence-corrected chi connectivity index (χ1v) is 14.7. The molecule has 10 nitrogen and oxygen atoms in total. The van der Waals surface area contributed by atoms with E-state index in [4.69, 9.17) is 10.5 Å². The lowest BCUT2D eigenvalue weighted by Crippen LogP contribution is -2.41. The Morgan fingerprint density at radius 3 is 2.49 bits per heavy atom. The van der Waals surface area contributed by atoms with Gasteiger partial charge < -0.3 is 26.2 Å². The molecule has 45 heavy (non-hydrogen) atoms. The molecule has 2 atom stereocenters. The number of aryl methyl sites for hydroxylation is 1. The van der Waals surface area contributed by atoms with Gasteiger partial charge in [0.1, 0.15) is 34.9 Å². The van der Waals surface area contributed by atoms with Crippen molar-refractivity contribution in [2.75, 3.05) is 18.5 Å². The number of hydrogen-bond donors (Lipinski definition) is 4. The molecule has 5 N–H and O–H groups in total. The number of ether oxygens (including phenoxy) is 1. The maximum atomic E-state index is 13.7. The predicted molar refractivity (Wildman–Crippen MR) is 166 cm³/mol. The van der Waals surface area contributed by atoms with Gasteiger partial charge >= 0.3 is 0 Å². The fourth-order valence-corrected chi connectivity index (χ4v) is 5.39. The van der Waals surface area contributed by atoms with Gasteiger partial charge in [-0.2, -0.15) is 0 Å². The van der Waals surface area contributed by atoms with Crippen molar-refractivity contribution in [2.45, 2.75) is 51.6 Å². The highest BCUT2D eigenvalue weighted by molar-refractivity contribution is 6.07. The second-order valence-electron chi connectivity index (χ2n) is 12.8. The molecule has 3 heterocycles. The third-order valence-electron chi connectivity index (χ3n) is 8.86. The number of pyridine rings is 2. The van der Waals surface area contributed by atoms with Crippen LogP contribution < -0.4 is 21.1 Å². The van der Waals surface area contributed by atoms with E-state index in [1.165, 1.54) is 31.2 Å². The van der Waals surface area contributed by atoms with E-state index in [0.717, 1.165) is 18.4 Å². The summed E-state index contributed by atoms with van der Waals surface area (Å²) in [6, 6.07) is 12.3. The smallest absolute Gasteiger partial charge is 0.251 e. The van der Waals surface area contributed by atoms with Crippen molar-refractivity contribution in [2.24, 2.45) is 11.1 Å². The first kappa shape index (κ1) is 30.1. The molecule has 1 fully saturated rings. The maximum Gasteiger partial charge on any atom is 0.251 e. The molecule has 1 aliphatic carbocycles. The van der Waals surface area contributed by atoms with Crippen molar-refractivity contribution in [3.63, 3.8) is 0 Å². The lowest BCUT2D eigenvalue weighted by molar-refractivity contribution is -0.123. The molecule has 0 radical (unpaired) electrons. The zero-order chi connectivity index (χ0) is 32.3. The molecule has 3 amide bonds. The Morgan fingerprint density at radius 1 is 1.11 bits per heavy atom. The Labute approximate surface area is 259 Å². The van der Waals surface area contributed by atoms with Crippen molar-refractivity contribution in [3.8, 4) is 17.0 Å². The summed E-state index contributed by atoms with van der Waals surface area (Å²) < 4.78 is 19.6. The molecular formula is C34H34FN5O5. The predicted octanol–water partition coefficient (Wildman–Crippen LogP) is 4.26. The Balaban J connectivity index is 1.32. The number of aromatic nitrogens is 2. The number of carbonyl (C=O) groups is 3. The summed E-state index contributed by atoms with van der Waals surface area (Å²) in [5, 5.41) is 18.1. The number of nitrogens with two attached hydrogens (primary N) is 1. The van der Waals surface area contributed by atoms with Gasteiger partial charge in [0.2, 0.25) is 11.8 Å². The lowest BCUT2D eigenvalue weighted by atomic mass is 9.82. The highest BCUT2D eigenvalue weighted by atomic mass is 19.1. The largest absolute Gasteiger partial charge is 0.489 e.